The van der Waals surface area contributed by atoms with Gasteiger partial charge < -0.3 is 9.88 Å². The molecule has 0 amide bonds. The number of benzene rings is 1. The van der Waals surface area contributed by atoms with Crippen molar-refractivity contribution in [1.29, 1.82) is 0 Å². The minimum Gasteiger partial charge on any atom is -0.354 e. The van der Waals surface area contributed by atoms with E-state index in [0.29, 0.717) is 16.7 Å². The van der Waals surface area contributed by atoms with Crippen LogP contribution in [0.15, 0.2) is 64.6 Å². The third kappa shape index (κ3) is 3.90. The van der Waals surface area contributed by atoms with Gasteiger partial charge in [-0.15, -0.1) is 0 Å². The van der Waals surface area contributed by atoms with Crippen molar-refractivity contribution in [2.24, 2.45) is 4.99 Å². The number of aryl methyl sites for hydroxylation is 1. The second kappa shape index (κ2) is 8.09. The van der Waals surface area contributed by atoms with Crippen molar-refractivity contribution >= 4 is 5.84 Å². The fourth-order valence-corrected chi connectivity index (χ4v) is 4.03. The lowest BCUT2D eigenvalue weighted by atomic mass is 9.79. The van der Waals surface area contributed by atoms with E-state index in [4.69, 9.17) is 0 Å². The van der Waals surface area contributed by atoms with Crippen LogP contribution >= 0.6 is 0 Å². The summed E-state index contributed by atoms with van der Waals surface area (Å²) in [6.45, 7) is 3.65. The minimum absolute atomic E-state index is 0.234. The molecule has 1 aromatic carbocycles. The summed E-state index contributed by atoms with van der Waals surface area (Å²) in [5, 5.41) is 3.20. The first kappa shape index (κ1) is 22.6. The summed E-state index contributed by atoms with van der Waals surface area (Å²) in [5.74, 6) is -1.20. The van der Waals surface area contributed by atoms with E-state index in [1.54, 1.807) is 13.8 Å². The lowest BCUT2D eigenvalue weighted by Crippen LogP contribution is -2.48. The number of aromatic nitrogens is 2. The van der Waals surface area contributed by atoms with Gasteiger partial charge >= 0.3 is 6.18 Å². The molecule has 4 rings (SSSR count). The maximum Gasteiger partial charge on any atom is 0.433 e. The first-order valence-electron chi connectivity index (χ1n) is 10.1. The Morgan fingerprint density at radius 1 is 1.09 bits per heavy atom. The molecule has 3 aromatic rings. The molecule has 0 unspecified atom stereocenters. The zero-order valence-corrected chi connectivity index (χ0v) is 17.6. The van der Waals surface area contributed by atoms with Crippen molar-refractivity contribution in [2.45, 2.75) is 38.1 Å². The minimum atomic E-state index is -4.61. The van der Waals surface area contributed by atoms with E-state index in [1.165, 1.54) is 41.1 Å². The molecule has 0 saturated carbocycles. The molecule has 1 aliphatic heterocycles. The van der Waals surface area contributed by atoms with E-state index in [2.05, 4.69) is 15.3 Å². The smallest absolute Gasteiger partial charge is 0.354 e. The monoisotopic (exact) mass is 462 g/mol. The molecule has 172 valence electrons. The summed E-state index contributed by atoms with van der Waals surface area (Å²) < 4.78 is 68.2. The van der Waals surface area contributed by atoms with Gasteiger partial charge in [-0.3, -0.25) is 14.8 Å². The van der Waals surface area contributed by atoms with Gasteiger partial charge in [0.2, 0.25) is 0 Å². The molecule has 0 radical (unpaired) electrons. The van der Waals surface area contributed by atoms with Crippen molar-refractivity contribution in [3.8, 4) is 0 Å². The van der Waals surface area contributed by atoms with Crippen molar-refractivity contribution in [2.75, 3.05) is 0 Å². The highest BCUT2D eigenvalue weighted by Gasteiger charge is 2.46. The number of pyridine rings is 2. The number of hydrogen-bond acceptors (Lipinski definition) is 4. The number of alkyl halides is 3. The third-order valence-corrected chi connectivity index (χ3v) is 5.73. The summed E-state index contributed by atoms with van der Waals surface area (Å²) >= 11 is 0. The summed E-state index contributed by atoms with van der Waals surface area (Å²) in [6, 6.07) is 8.08. The summed E-state index contributed by atoms with van der Waals surface area (Å²) in [7, 11) is 0. The van der Waals surface area contributed by atoms with Crippen LogP contribution in [0.25, 0.3) is 0 Å². The summed E-state index contributed by atoms with van der Waals surface area (Å²) in [4.78, 5) is 20.1. The predicted octanol–water partition coefficient (Wildman–Crippen LogP) is 4.24. The van der Waals surface area contributed by atoms with Gasteiger partial charge in [-0.25, -0.2) is 8.78 Å². The average Bonchev–Trinajstić information content (AvgIpc) is 3.13. The lowest BCUT2D eigenvalue weighted by Gasteiger charge is -2.35. The number of amidine groups is 1. The predicted molar refractivity (Wildman–Crippen MR) is 112 cm³/mol. The number of halogens is 5. The van der Waals surface area contributed by atoms with Crippen molar-refractivity contribution in [3.05, 3.63) is 99.2 Å². The zero-order chi connectivity index (χ0) is 24.0. The number of aliphatic imine (C=N–C) groups is 1. The Morgan fingerprint density at radius 3 is 2.33 bits per heavy atom. The van der Waals surface area contributed by atoms with Gasteiger partial charge in [0, 0.05) is 30.1 Å². The van der Waals surface area contributed by atoms with Crippen LogP contribution in [-0.2, 0) is 18.3 Å². The molecule has 1 aliphatic rings. The van der Waals surface area contributed by atoms with Crippen LogP contribution in [0.4, 0.5) is 22.0 Å². The molecule has 2 aromatic heterocycles. The Labute approximate surface area is 185 Å². The zero-order valence-electron chi connectivity index (χ0n) is 17.6. The molecule has 0 fully saturated rings. The van der Waals surface area contributed by atoms with E-state index in [-0.39, 0.29) is 12.4 Å². The van der Waals surface area contributed by atoms with Crippen LogP contribution in [0.3, 0.4) is 0 Å². The number of nitrogens with zero attached hydrogens (tertiary/aromatic N) is 3. The molecule has 10 heteroatoms. The first-order chi connectivity index (χ1) is 15.6. The van der Waals surface area contributed by atoms with Gasteiger partial charge in [-0.05, 0) is 43.7 Å². The Hall–Kier alpha value is -3.56. The van der Waals surface area contributed by atoms with Gasteiger partial charge in [-0.1, -0.05) is 18.2 Å². The highest BCUT2D eigenvalue weighted by Crippen LogP contribution is 2.39. The summed E-state index contributed by atoms with van der Waals surface area (Å²) in [6.07, 6.45) is -2.05. The fraction of sp³-hybridized carbons (Fsp3) is 0.261. The van der Waals surface area contributed by atoms with Gasteiger partial charge in [0.05, 0.1) is 6.04 Å². The average molecular weight is 462 g/mol. The van der Waals surface area contributed by atoms with E-state index < -0.39 is 40.6 Å². The van der Waals surface area contributed by atoms with E-state index in [0.717, 1.165) is 18.3 Å². The Balaban J connectivity index is 1.85. The van der Waals surface area contributed by atoms with Gasteiger partial charge in [0.25, 0.3) is 5.56 Å². The molecule has 0 bridgehead atoms. The molecule has 1 N–H and O–H groups in total. The van der Waals surface area contributed by atoms with Gasteiger partial charge in [0.1, 0.15) is 22.9 Å². The standard InChI is InChI=1S/C23H19F5N4O/c1-3-32-12-14(10-18(25)21(32)33)20-30-13(2)22(31-20,15-4-7-17(24)8-5-15)16-6-9-19(29-11-16)23(26,27)28/h4-13H,3H2,1-2H3,(H,30,31)/t13-,22+/m0/s1. The Kier molecular flexibility index (Phi) is 5.55. The highest BCUT2D eigenvalue weighted by molar-refractivity contribution is 6.01. The van der Waals surface area contributed by atoms with Gasteiger partial charge in [0.15, 0.2) is 5.82 Å². The molecule has 2 atom stereocenters. The molecular weight excluding hydrogens is 443 g/mol. The van der Waals surface area contributed by atoms with Gasteiger partial charge in [-0.2, -0.15) is 13.2 Å². The summed E-state index contributed by atoms with van der Waals surface area (Å²) in [5.41, 5.74) is -1.85. The Morgan fingerprint density at radius 2 is 1.76 bits per heavy atom. The van der Waals surface area contributed by atoms with Crippen LogP contribution < -0.4 is 10.9 Å². The lowest BCUT2D eigenvalue weighted by molar-refractivity contribution is -0.141. The van der Waals surface area contributed by atoms with E-state index in [9.17, 15) is 26.7 Å². The largest absolute Gasteiger partial charge is 0.433 e. The first-order valence-corrected chi connectivity index (χ1v) is 10.1. The van der Waals surface area contributed by atoms with E-state index >= 15 is 0 Å². The van der Waals surface area contributed by atoms with Crippen LogP contribution in [0, 0.1) is 11.6 Å². The molecule has 0 spiro atoms. The van der Waals surface area contributed by atoms with Crippen molar-refractivity contribution in [3.63, 3.8) is 0 Å². The SMILES string of the molecule is CCn1cc(C2=N[C@@H](C)[C@@](c3ccc(F)cc3)(c3ccc(C(F)(F)F)nc3)N2)cc(F)c1=O. The second-order valence-electron chi connectivity index (χ2n) is 7.69. The van der Waals surface area contributed by atoms with Crippen LogP contribution in [0.2, 0.25) is 0 Å². The molecule has 0 saturated heterocycles. The second-order valence-corrected chi connectivity index (χ2v) is 7.69. The molecular formula is C23H19F5N4O. The number of nitrogens with one attached hydrogen (secondary N) is 1. The van der Waals surface area contributed by atoms with Crippen molar-refractivity contribution < 1.29 is 22.0 Å². The number of rotatable bonds is 4. The van der Waals surface area contributed by atoms with Crippen LogP contribution in [0.5, 0.6) is 0 Å². The molecule has 33 heavy (non-hydrogen) atoms. The fourth-order valence-electron chi connectivity index (χ4n) is 4.03. The molecule has 3 heterocycles. The molecule has 5 nitrogen and oxygen atoms in total. The van der Waals surface area contributed by atoms with E-state index in [1.807, 2.05) is 0 Å². The van der Waals surface area contributed by atoms with Crippen molar-refractivity contribution in [1.82, 2.24) is 14.9 Å². The highest BCUT2D eigenvalue weighted by atomic mass is 19.4. The van der Waals surface area contributed by atoms with Crippen LogP contribution in [0.1, 0.15) is 36.2 Å². The topological polar surface area (TPSA) is 59.3 Å². The maximum atomic E-state index is 14.2. The number of hydrogen-bond donors (Lipinski definition) is 1. The normalized spacial score (nSPS) is 20.5. The Bertz CT molecular complexity index is 1270. The maximum absolute atomic E-state index is 14.2. The molecule has 0 aliphatic carbocycles. The van der Waals surface area contributed by atoms with Crippen LogP contribution in [-0.4, -0.2) is 21.4 Å². The quantitative estimate of drug-likeness (QED) is 0.590. The third-order valence-electron chi connectivity index (χ3n) is 5.73.